The monoisotopic (exact) mass is 383 g/mol. The summed E-state index contributed by atoms with van der Waals surface area (Å²) in [5, 5.41) is 7.08. The summed E-state index contributed by atoms with van der Waals surface area (Å²) in [5.41, 5.74) is -0.489. The van der Waals surface area contributed by atoms with Gasteiger partial charge in [-0.25, -0.2) is 23.1 Å². The van der Waals surface area contributed by atoms with E-state index in [1.165, 1.54) is 4.52 Å². The fourth-order valence-corrected chi connectivity index (χ4v) is 3.54. The average molecular weight is 383 g/mol. The van der Waals surface area contributed by atoms with E-state index in [1.807, 2.05) is 6.92 Å². The van der Waals surface area contributed by atoms with Crippen molar-refractivity contribution in [2.75, 3.05) is 6.54 Å². The molecule has 1 N–H and O–H groups in total. The standard InChI is InChI=1S/C13H14F5N5OS/c1-2-8-21-23-7(9(10(14)15)20-12(23)25-8)5-22-4-6(19-11(22)24)3-13(16,17)18/h6,10H,2-5H2,1H3,(H,19,24). The molecule has 0 bridgehead atoms. The topological polar surface area (TPSA) is 62.5 Å². The number of fused-ring (bicyclic) bond motifs is 1. The minimum absolute atomic E-state index is 0.0174. The Balaban J connectivity index is 1.85. The molecule has 0 aromatic carbocycles. The van der Waals surface area contributed by atoms with Crippen molar-refractivity contribution in [2.24, 2.45) is 0 Å². The first kappa shape index (κ1) is 17.8. The zero-order valence-corrected chi connectivity index (χ0v) is 13.8. The number of nitrogens with one attached hydrogen (secondary N) is 1. The third-order valence-electron chi connectivity index (χ3n) is 3.75. The van der Waals surface area contributed by atoms with Crippen molar-refractivity contribution in [1.82, 2.24) is 24.8 Å². The van der Waals surface area contributed by atoms with Crippen LogP contribution < -0.4 is 5.32 Å². The fraction of sp³-hybridized carbons (Fsp3) is 0.615. The predicted octanol–water partition coefficient (Wildman–Crippen LogP) is 3.14. The summed E-state index contributed by atoms with van der Waals surface area (Å²) in [6, 6.07) is -1.83. The van der Waals surface area contributed by atoms with Gasteiger partial charge in [0.1, 0.15) is 10.7 Å². The summed E-state index contributed by atoms with van der Waals surface area (Å²) >= 11 is 1.16. The first-order chi connectivity index (χ1) is 11.7. The number of carbonyl (C=O) groups is 1. The maximum absolute atomic E-state index is 13.2. The maximum atomic E-state index is 13.2. The van der Waals surface area contributed by atoms with Crippen LogP contribution in [0, 0.1) is 0 Å². The molecule has 0 saturated carbocycles. The van der Waals surface area contributed by atoms with Gasteiger partial charge in [-0.3, -0.25) is 0 Å². The number of rotatable bonds is 5. The minimum Gasteiger partial charge on any atom is -0.333 e. The molecule has 3 rings (SSSR count). The minimum atomic E-state index is -4.42. The van der Waals surface area contributed by atoms with Gasteiger partial charge < -0.3 is 10.2 Å². The van der Waals surface area contributed by atoms with Gasteiger partial charge in [-0.15, -0.1) is 0 Å². The van der Waals surface area contributed by atoms with Crippen LogP contribution in [-0.4, -0.2) is 44.3 Å². The fourth-order valence-electron chi connectivity index (χ4n) is 2.68. The van der Waals surface area contributed by atoms with E-state index in [4.69, 9.17) is 0 Å². The van der Waals surface area contributed by atoms with Crippen LogP contribution in [0.1, 0.15) is 36.2 Å². The van der Waals surface area contributed by atoms with Gasteiger partial charge in [-0.05, 0) is 6.42 Å². The first-order valence-corrected chi connectivity index (χ1v) is 8.27. The van der Waals surface area contributed by atoms with Crippen molar-refractivity contribution in [3.8, 4) is 0 Å². The van der Waals surface area contributed by atoms with E-state index in [1.54, 1.807) is 0 Å². The smallest absolute Gasteiger partial charge is 0.333 e. The second-order valence-electron chi connectivity index (χ2n) is 5.63. The van der Waals surface area contributed by atoms with Gasteiger partial charge in [0.05, 0.1) is 24.7 Å². The molecule has 6 nitrogen and oxygen atoms in total. The van der Waals surface area contributed by atoms with Crippen molar-refractivity contribution in [3.05, 3.63) is 16.4 Å². The molecule has 2 aromatic rings. The highest BCUT2D eigenvalue weighted by atomic mass is 32.1. The Kier molecular flexibility index (Phi) is 4.56. The van der Waals surface area contributed by atoms with Crippen molar-refractivity contribution in [1.29, 1.82) is 0 Å². The summed E-state index contributed by atoms with van der Waals surface area (Å²) in [4.78, 5) is 17.1. The third-order valence-corrected chi connectivity index (χ3v) is 4.81. The van der Waals surface area contributed by atoms with Crippen LogP contribution in [0.2, 0.25) is 0 Å². The SMILES string of the molecule is CCc1nn2c(CN3CC(CC(F)(F)F)NC3=O)c(C(F)F)nc2s1. The lowest BCUT2D eigenvalue weighted by Crippen LogP contribution is -2.31. The molecular weight excluding hydrogens is 369 g/mol. The number of imidazole rings is 1. The van der Waals surface area contributed by atoms with Crippen molar-refractivity contribution in [2.45, 2.75) is 45.0 Å². The van der Waals surface area contributed by atoms with E-state index >= 15 is 0 Å². The lowest BCUT2D eigenvalue weighted by atomic mass is 10.2. The van der Waals surface area contributed by atoms with Crippen molar-refractivity contribution >= 4 is 22.3 Å². The zero-order valence-electron chi connectivity index (χ0n) is 13.0. The molecule has 1 atom stereocenters. The van der Waals surface area contributed by atoms with Gasteiger partial charge in [0.15, 0.2) is 0 Å². The number of amides is 2. The van der Waals surface area contributed by atoms with Crippen LogP contribution in [0.3, 0.4) is 0 Å². The van der Waals surface area contributed by atoms with Crippen LogP contribution in [0.5, 0.6) is 0 Å². The van der Waals surface area contributed by atoms with Crippen LogP contribution >= 0.6 is 11.3 Å². The Bertz CT molecular complexity index is 786. The lowest BCUT2D eigenvalue weighted by Gasteiger charge is -2.15. The number of carbonyl (C=O) groups excluding carboxylic acids is 1. The molecule has 1 unspecified atom stereocenters. The Hall–Kier alpha value is -1.98. The van der Waals surface area contributed by atoms with Gasteiger partial charge in [0.25, 0.3) is 6.43 Å². The normalized spacial score (nSPS) is 18.6. The molecular formula is C13H14F5N5OS. The Morgan fingerprint density at radius 1 is 1.40 bits per heavy atom. The third kappa shape index (κ3) is 3.67. The Labute approximate surface area is 142 Å². The van der Waals surface area contributed by atoms with E-state index in [9.17, 15) is 26.7 Å². The van der Waals surface area contributed by atoms with Crippen molar-refractivity contribution in [3.63, 3.8) is 0 Å². The van der Waals surface area contributed by atoms with Crippen molar-refractivity contribution < 1.29 is 26.7 Å². The number of nitrogens with zero attached hydrogens (tertiary/aromatic N) is 4. The highest BCUT2D eigenvalue weighted by molar-refractivity contribution is 7.16. The quantitative estimate of drug-likeness (QED) is 0.807. The van der Waals surface area contributed by atoms with Gasteiger partial charge in [-0.2, -0.15) is 18.3 Å². The summed E-state index contributed by atoms with van der Waals surface area (Å²) in [5.74, 6) is 0. The molecule has 2 amide bonds. The molecule has 0 radical (unpaired) electrons. The van der Waals surface area contributed by atoms with E-state index < -0.39 is 36.8 Å². The molecule has 25 heavy (non-hydrogen) atoms. The number of halogens is 5. The highest BCUT2D eigenvalue weighted by Crippen LogP contribution is 2.29. The molecule has 0 aliphatic carbocycles. The Morgan fingerprint density at radius 2 is 2.12 bits per heavy atom. The van der Waals surface area contributed by atoms with Crippen LogP contribution in [-0.2, 0) is 13.0 Å². The molecule has 0 spiro atoms. The Morgan fingerprint density at radius 3 is 2.72 bits per heavy atom. The number of aryl methyl sites for hydroxylation is 1. The molecule has 1 saturated heterocycles. The number of alkyl halides is 5. The number of hydrogen-bond donors (Lipinski definition) is 1. The van der Waals surface area contributed by atoms with E-state index in [0.717, 1.165) is 16.2 Å². The lowest BCUT2D eigenvalue weighted by molar-refractivity contribution is -0.138. The molecule has 1 aliphatic rings. The number of hydrogen-bond acceptors (Lipinski definition) is 4. The molecule has 12 heteroatoms. The maximum Gasteiger partial charge on any atom is 0.391 e. The summed E-state index contributed by atoms with van der Waals surface area (Å²) < 4.78 is 65.1. The first-order valence-electron chi connectivity index (χ1n) is 7.45. The second kappa shape index (κ2) is 6.39. The summed E-state index contributed by atoms with van der Waals surface area (Å²) in [6.45, 7) is 1.34. The highest BCUT2D eigenvalue weighted by Gasteiger charge is 2.39. The number of urea groups is 1. The predicted molar refractivity (Wildman–Crippen MR) is 78.6 cm³/mol. The summed E-state index contributed by atoms with van der Waals surface area (Å²) in [7, 11) is 0. The molecule has 1 fully saturated rings. The van der Waals surface area contributed by atoms with E-state index in [-0.39, 0.29) is 23.7 Å². The van der Waals surface area contributed by atoms with Gasteiger partial charge in [0, 0.05) is 6.54 Å². The van der Waals surface area contributed by atoms with E-state index in [2.05, 4.69) is 15.4 Å². The second-order valence-corrected chi connectivity index (χ2v) is 6.67. The van der Waals surface area contributed by atoms with Crippen LogP contribution in [0.25, 0.3) is 4.96 Å². The van der Waals surface area contributed by atoms with E-state index in [0.29, 0.717) is 11.4 Å². The van der Waals surface area contributed by atoms with Gasteiger partial charge in [0.2, 0.25) is 4.96 Å². The zero-order chi connectivity index (χ0) is 18.4. The van der Waals surface area contributed by atoms with Crippen LogP contribution in [0.15, 0.2) is 0 Å². The average Bonchev–Trinajstić information content (AvgIpc) is 3.12. The largest absolute Gasteiger partial charge is 0.391 e. The molecule has 1 aliphatic heterocycles. The molecule has 3 heterocycles. The molecule has 138 valence electrons. The van der Waals surface area contributed by atoms with Gasteiger partial charge >= 0.3 is 12.2 Å². The summed E-state index contributed by atoms with van der Waals surface area (Å²) in [6.07, 6.45) is -7.87. The van der Waals surface area contributed by atoms with Gasteiger partial charge in [-0.1, -0.05) is 18.3 Å². The number of aromatic nitrogens is 3. The van der Waals surface area contributed by atoms with Crippen LogP contribution in [0.4, 0.5) is 26.7 Å². The molecule has 2 aromatic heterocycles.